The van der Waals surface area contributed by atoms with Gasteiger partial charge < -0.3 is 9.72 Å². The van der Waals surface area contributed by atoms with Crippen LogP contribution in [-0.2, 0) is 4.74 Å². The molecule has 1 aromatic heterocycles. The van der Waals surface area contributed by atoms with E-state index in [0.717, 1.165) is 10.0 Å². The number of carbonyl (C=O) groups is 1. The summed E-state index contributed by atoms with van der Waals surface area (Å²) in [6, 6.07) is 10.5. The van der Waals surface area contributed by atoms with Gasteiger partial charge in [0.15, 0.2) is 0 Å². The van der Waals surface area contributed by atoms with Crippen LogP contribution in [0.3, 0.4) is 0 Å². The summed E-state index contributed by atoms with van der Waals surface area (Å²) >= 11 is 3.38. The molecule has 0 radical (unpaired) electrons. The highest BCUT2D eigenvalue weighted by molar-refractivity contribution is 9.10. The van der Waals surface area contributed by atoms with Gasteiger partial charge in [-0.2, -0.15) is 5.26 Å². The molecule has 0 saturated carbocycles. The quantitative estimate of drug-likeness (QED) is 0.834. The summed E-state index contributed by atoms with van der Waals surface area (Å²) in [6.45, 7) is 1.89. The number of hydrogen-bond acceptors (Lipinski definition) is 4. The van der Waals surface area contributed by atoms with E-state index in [4.69, 9.17) is 10.00 Å². The maximum absolute atomic E-state index is 12.0. The number of benzene rings is 1. The molecule has 0 bridgehead atoms. The zero-order valence-electron chi connectivity index (χ0n) is 12.3. The summed E-state index contributed by atoms with van der Waals surface area (Å²) < 4.78 is 5.88. The number of ether oxygens (including phenoxy) is 1. The smallest absolute Gasteiger partial charge is 0.340 e. The first-order chi connectivity index (χ1) is 11.0. The van der Waals surface area contributed by atoms with E-state index in [1.54, 1.807) is 25.1 Å². The molecule has 0 atom stereocenters. The molecule has 0 unspecified atom stereocenters. The minimum Gasteiger partial charge on any atom is -0.462 e. The van der Waals surface area contributed by atoms with Crippen molar-refractivity contribution >= 4 is 34.1 Å². The van der Waals surface area contributed by atoms with E-state index in [2.05, 4.69) is 20.9 Å². The standard InChI is InChI=1S/C17H13BrN2O3/c1-2-23-17(22)14-9-12(10-19)16(21)20-15(14)7-6-11-4-3-5-13(18)8-11/h3-9H,2H2,1H3,(H,20,21)/b7-6+. The number of hydrogen-bond donors (Lipinski definition) is 1. The van der Waals surface area contributed by atoms with Gasteiger partial charge in [-0.3, -0.25) is 4.79 Å². The third-order valence-electron chi connectivity index (χ3n) is 2.98. The summed E-state index contributed by atoms with van der Waals surface area (Å²) in [5, 5.41) is 8.94. The van der Waals surface area contributed by atoms with Gasteiger partial charge in [0.05, 0.1) is 17.9 Å². The Morgan fingerprint density at radius 3 is 2.83 bits per heavy atom. The van der Waals surface area contributed by atoms with Crippen molar-refractivity contribution in [2.45, 2.75) is 6.92 Å². The fourth-order valence-electron chi connectivity index (χ4n) is 1.93. The lowest BCUT2D eigenvalue weighted by atomic mass is 10.1. The van der Waals surface area contributed by atoms with E-state index in [-0.39, 0.29) is 17.7 Å². The number of H-pyrrole nitrogens is 1. The highest BCUT2D eigenvalue weighted by Gasteiger charge is 2.14. The number of nitrogens with zero attached hydrogens (tertiary/aromatic N) is 1. The first-order valence-electron chi connectivity index (χ1n) is 6.83. The van der Waals surface area contributed by atoms with Gasteiger partial charge in [-0.15, -0.1) is 0 Å². The molecule has 0 saturated heterocycles. The van der Waals surface area contributed by atoms with Crippen LogP contribution in [0.5, 0.6) is 0 Å². The largest absolute Gasteiger partial charge is 0.462 e. The molecule has 6 heteroatoms. The summed E-state index contributed by atoms with van der Waals surface area (Å²) in [4.78, 5) is 26.4. The number of carbonyl (C=O) groups excluding carboxylic acids is 1. The second-order valence-corrected chi connectivity index (χ2v) is 5.48. The van der Waals surface area contributed by atoms with E-state index in [1.807, 2.05) is 24.3 Å². The third-order valence-corrected chi connectivity index (χ3v) is 3.47. The van der Waals surface area contributed by atoms with E-state index in [1.165, 1.54) is 6.07 Å². The Bertz CT molecular complexity index is 863. The highest BCUT2D eigenvalue weighted by atomic mass is 79.9. The zero-order chi connectivity index (χ0) is 16.8. The van der Waals surface area contributed by atoms with Crippen LogP contribution in [0.1, 0.15) is 34.1 Å². The summed E-state index contributed by atoms with van der Waals surface area (Å²) in [6.07, 6.45) is 3.36. The molecule has 1 heterocycles. The predicted molar refractivity (Wildman–Crippen MR) is 90.8 cm³/mol. The van der Waals surface area contributed by atoms with Crippen molar-refractivity contribution in [3.8, 4) is 6.07 Å². The summed E-state index contributed by atoms with van der Waals surface area (Å²) in [5.41, 5.74) is 0.656. The van der Waals surface area contributed by atoms with Crippen LogP contribution in [0.4, 0.5) is 0 Å². The maximum Gasteiger partial charge on any atom is 0.340 e. The molecule has 0 fully saturated rings. The minimum atomic E-state index is -0.589. The van der Waals surface area contributed by atoms with Gasteiger partial charge >= 0.3 is 5.97 Å². The number of aromatic nitrogens is 1. The predicted octanol–water partition coefficient (Wildman–Crippen LogP) is 3.36. The Labute approximate surface area is 141 Å². The summed E-state index contributed by atoms with van der Waals surface area (Å²) in [5.74, 6) is -0.589. The normalized spacial score (nSPS) is 10.5. The topological polar surface area (TPSA) is 82.9 Å². The Kier molecular flexibility index (Phi) is 5.50. The number of rotatable bonds is 4. The van der Waals surface area contributed by atoms with Crippen LogP contribution >= 0.6 is 15.9 Å². The highest BCUT2D eigenvalue weighted by Crippen LogP contribution is 2.16. The Morgan fingerprint density at radius 2 is 2.17 bits per heavy atom. The van der Waals surface area contributed by atoms with Crippen molar-refractivity contribution in [2.75, 3.05) is 6.61 Å². The van der Waals surface area contributed by atoms with Gasteiger partial charge in [0, 0.05) is 4.47 Å². The maximum atomic E-state index is 12.0. The van der Waals surface area contributed by atoms with Gasteiger partial charge in [-0.05, 0) is 36.8 Å². The molecule has 5 nitrogen and oxygen atoms in total. The number of aromatic amines is 1. The number of nitriles is 1. The average Bonchev–Trinajstić information content (AvgIpc) is 2.53. The first-order valence-corrected chi connectivity index (χ1v) is 7.62. The number of esters is 1. The minimum absolute atomic E-state index is 0.132. The molecule has 0 spiro atoms. The molecule has 1 N–H and O–H groups in total. The van der Waals surface area contributed by atoms with E-state index >= 15 is 0 Å². The zero-order valence-corrected chi connectivity index (χ0v) is 13.9. The van der Waals surface area contributed by atoms with Crippen molar-refractivity contribution in [3.63, 3.8) is 0 Å². The molecule has 2 aromatic rings. The average molecular weight is 373 g/mol. The van der Waals surface area contributed by atoms with Gasteiger partial charge in [0.1, 0.15) is 11.6 Å². The van der Waals surface area contributed by atoms with Gasteiger partial charge in [0.2, 0.25) is 0 Å². The van der Waals surface area contributed by atoms with Crippen molar-refractivity contribution in [1.29, 1.82) is 5.26 Å². The van der Waals surface area contributed by atoms with Crippen molar-refractivity contribution in [1.82, 2.24) is 4.98 Å². The van der Waals surface area contributed by atoms with Gasteiger partial charge in [0.25, 0.3) is 5.56 Å². The van der Waals surface area contributed by atoms with E-state index < -0.39 is 11.5 Å². The Balaban J connectivity index is 2.48. The second-order valence-electron chi connectivity index (χ2n) is 4.56. The molecule has 0 aliphatic heterocycles. The van der Waals surface area contributed by atoms with Crippen molar-refractivity contribution < 1.29 is 9.53 Å². The second kappa shape index (κ2) is 7.56. The van der Waals surface area contributed by atoms with Crippen molar-refractivity contribution in [2.24, 2.45) is 0 Å². The lowest BCUT2D eigenvalue weighted by Gasteiger charge is -2.06. The van der Waals surface area contributed by atoms with E-state index in [9.17, 15) is 9.59 Å². The SMILES string of the molecule is CCOC(=O)c1cc(C#N)c(=O)[nH]c1/C=C/c1cccc(Br)c1. The number of nitrogens with one attached hydrogen (secondary N) is 1. The van der Waals surface area contributed by atoms with Crippen LogP contribution < -0.4 is 5.56 Å². The van der Waals surface area contributed by atoms with Crippen LogP contribution in [0.2, 0.25) is 0 Å². The Hall–Kier alpha value is -2.65. The van der Waals surface area contributed by atoms with Crippen LogP contribution in [0, 0.1) is 11.3 Å². The van der Waals surface area contributed by atoms with Gasteiger partial charge in [-0.25, -0.2) is 4.79 Å². The Morgan fingerprint density at radius 1 is 1.39 bits per heavy atom. The third kappa shape index (κ3) is 4.18. The number of pyridine rings is 1. The molecule has 0 amide bonds. The molecule has 116 valence electrons. The molecule has 2 rings (SSSR count). The number of halogens is 1. The lowest BCUT2D eigenvalue weighted by molar-refractivity contribution is 0.0525. The fraction of sp³-hybridized carbons (Fsp3) is 0.118. The lowest BCUT2D eigenvalue weighted by Crippen LogP contribution is -2.17. The molecule has 23 heavy (non-hydrogen) atoms. The first kappa shape index (κ1) is 16.7. The molecular weight excluding hydrogens is 360 g/mol. The molecule has 0 aliphatic carbocycles. The molecule has 1 aromatic carbocycles. The van der Waals surface area contributed by atoms with E-state index in [0.29, 0.717) is 5.69 Å². The monoisotopic (exact) mass is 372 g/mol. The molecular formula is C17H13BrN2O3. The summed E-state index contributed by atoms with van der Waals surface area (Å²) in [7, 11) is 0. The fourth-order valence-corrected chi connectivity index (χ4v) is 2.34. The van der Waals surface area contributed by atoms with Crippen molar-refractivity contribution in [3.05, 3.63) is 67.5 Å². The molecule has 0 aliphatic rings. The van der Waals surface area contributed by atoms with Crippen LogP contribution in [-0.4, -0.2) is 17.6 Å². The van der Waals surface area contributed by atoms with Crippen LogP contribution in [0.25, 0.3) is 12.2 Å². The van der Waals surface area contributed by atoms with Gasteiger partial charge in [-0.1, -0.05) is 34.1 Å². The van der Waals surface area contributed by atoms with Crippen LogP contribution in [0.15, 0.2) is 39.6 Å².